The van der Waals surface area contributed by atoms with Crippen LogP contribution in [-0.2, 0) is 35.2 Å². The predicted octanol–water partition coefficient (Wildman–Crippen LogP) is 9.73. The lowest BCUT2D eigenvalue weighted by Crippen LogP contribution is -2.42. The van der Waals surface area contributed by atoms with E-state index in [1.54, 1.807) is 0 Å². The summed E-state index contributed by atoms with van der Waals surface area (Å²) in [5, 5.41) is 10.4. The highest BCUT2D eigenvalue weighted by Crippen LogP contribution is 2.52. The molecule has 43 heavy (non-hydrogen) atoms. The third-order valence-electron chi connectivity index (χ3n) is 7.73. The first-order valence-electron chi connectivity index (χ1n) is 15.3. The fraction of sp³-hybridized carbons (Fsp3) is 0.657. The topological polar surface area (TPSA) is 66.4 Å². The lowest BCUT2D eigenvalue weighted by atomic mass is 9.78. The molecule has 1 heterocycles. The molecule has 0 saturated carbocycles. The van der Waals surface area contributed by atoms with Crippen molar-refractivity contribution in [2.45, 2.75) is 119 Å². The van der Waals surface area contributed by atoms with Gasteiger partial charge in [-0.1, -0.05) is 118 Å². The van der Waals surface area contributed by atoms with E-state index >= 15 is 0 Å². The van der Waals surface area contributed by atoms with Gasteiger partial charge in [0.25, 0.3) is 0 Å². The number of hydrogen-bond acceptors (Lipinski definition) is 6. The van der Waals surface area contributed by atoms with Gasteiger partial charge in [0.2, 0.25) is 9.03 Å². The van der Waals surface area contributed by atoms with E-state index in [1.807, 2.05) is 0 Å². The smallest absolute Gasteiger partial charge is 0.397 e. The first-order valence-corrected chi connectivity index (χ1v) is 17.2. The van der Waals surface area contributed by atoms with Crippen LogP contribution in [0.4, 0.5) is 0 Å². The van der Waals surface area contributed by atoms with E-state index in [-0.39, 0.29) is 57.1 Å². The molecular formula is C35H56O6P2. The lowest BCUT2D eigenvalue weighted by Gasteiger charge is -2.38. The first-order chi connectivity index (χ1) is 19.6. The van der Waals surface area contributed by atoms with E-state index in [1.165, 1.54) is 11.1 Å². The molecule has 6 nitrogen and oxygen atoms in total. The SMILES string of the molecule is Cc1cc(C(C)(C)C)c(OPOCC2(CO)COP(Oc3c(C(C)(C)C)cc(C)cc3C(C)(C)C)OC2)c(C(C)(C)C)c1. The zero-order valence-corrected chi connectivity index (χ0v) is 31.0. The van der Waals surface area contributed by atoms with Crippen molar-refractivity contribution in [3.05, 3.63) is 57.6 Å². The molecule has 2 aromatic rings. The second kappa shape index (κ2) is 13.2. The Labute approximate surface area is 264 Å². The van der Waals surface area contributed by atoms with Crippen LogP contribution in [0.2, 0.25) is 0 Å². The molecule has 1 aliphatic rings. The molecule has 1 aliphatic heterocycles. The third kappa shape index (κ3) is 9.15. The van der Waals surface area contributed by atoms with E-state index in [0.717, 1.165) is 33.8 Å². The fourth-order valence-electron chi connectivity index (χ4n) is 5.04. The van der Waals surface area contributed by atoms with Crippen molar-refractivity contribution in [3.8, 4) is 11.5 Å². The van der Waals surface area contributed by atoms with Crippen LogP contribution in [0.25, 0.3) is 0 Å². The minimum Gasteiger partial charge on any atom is -0.449 e. The van der Waals surface area contributed by atoms with E-state index in [9.17, 15) is 5.11 Å². The second-order valence-electron chi connectivity index (χ2n) is 16.4. The summed E-state index contributed by atoms with van der Waals surface area (Å²) in [5.41, 5.74) is 5.91. The van der Waals surface area contributed by atoms with Crippen LogP contribution in [0.1, 0.15) is 116 Å². The number of aryl methyl sites for hydroxylation is 2. The lowest BCUT2D eigenvalue weighted by molar-refractivity contribution is -0.0442. The summed E-state index contributed by atoms with van der Waals surface area (Å²) in [7, 11) is -1.87. The summed E-state index contributed by atoms with van der Waals surface area (Å²) in [6, 6.07) is 8.81. The van der Waals surface area contributed by atoms with E-state index in [4.69, 9.17) is 22.6 Å². The number of aliphatic hydroxyl groups is 1. The van der Waals surface area contributed by atoms with Gasteiger partial charge < -0.3 is 27.7 Å². The Morgan fingerprint density at radius 1 is 0.698 bits per heavy atom. The van der Waals surface area contributed by atoms with Crippen molar-refractivity contribution in [2.75, 3.05) is 26.4 Å². The van der Waals surface area contributed by atoms with E-state index in [2.05, 4.69) is 121 Å². The molecule has 0 bridgehead atoms. The molecule has 3 rings (SSSR count). The van der Waals surface area contributed by atoms with Gasteiger partial charge in [-0.25, -0.2) is 0 Å². The van der Waals surface area contributed by atoms with E-state index in [0.29, 0.717) is 0 Å². The van der Waals surface area contributed by atoms with Gasteiger partial charge in [-0.3, -0.25) is 0 Å². The zero-order valence-electron chi connectivity index (χ0n) is 29.1. The Bertz CT molecular complexity index is 1180. The quantitative estimate of drug-likeness (QED) is 0.230. The van der Waals surface area contributed by atoms with Gasteiger partial charge in [-0.2, -0.15) is 0 Å². The Morgan fingerprint density at radius 3 is 1.42 bits per heavy atom. The molecule has 8 heteroatoms. The average Bonchev–Trinajstić information content (AvgIpc) is 2.86. The van der Waals surface area contributed by atoms with E-state index < -0.39 is 14.0 Å². The molecule has 1 atom stereocenters. The number of aliphatic hydroxyl groups excluding tert-OH is 1. The Morgan fingerprint density at radius 2 is 1.07 bits per heavy atom. The van der Waals surface area contributed by atoms with Crippen LogP contribution in [0, 0.1) is 19.3 Å². The molecule has 1 fully saturated rings. The molecule has 1 saturated heterocycles. The number of rotatable bonds is 8. The van der Waals surface area contributed by atoms with Gasteiger partial charge in [0.15, 0.2) is 0 Å². The van der Waals surface area contributed by atoms with Crippen molar-refractivity contribution >= 4 is 17.6 Å². The Kier molecular flexibility index (Phi) is 11.1. The summed E-state index contributed by atoms with van der Waals surface area (Å²) in [5.74, 6) is 1.72. The standard InChI is InChI=1S/C35H56O6P2/c1-23-15-25(31(3,4)5)29(26(16-23)32(6,7)8)40-42-37-20-35(19-36)21-38-43(39-22-35)41-30-27(33(9,10)11)17-24(2)18-28(30)34(12,13)14/h15-18,36,42H,19-22H2,1-14H3. The summed E-state index contributed by atoms with van der Waals surface area (Å²) >= 11 is 0. The van der Waals surface area contributed by atoms with Gasteiger partial charge in [0.05, 0.1) is 31.8 Å². The van der Waals surface area contributed by atoms with Crippen LogP contribution >= 0.6 is 17.6 Å². The maximum Gasteiger partial charge on any atom is 0.397 e. The molecule has 0 spiro atoms. The molecular weight excluding hydrogens is 578 g/mol. The van der Waals surface area contributed by atoms with Gasteiger partial charge >= 0.3 is 8.60 Å². The minimum absolute atomic E-state index is 0.0858. The van der Waals surface area contributed by atoms with Gasteiger partial charge in [0.1, 0.15) is 11.5 Å². The summed E-state index contributed by atoms with van der Waals surface area (Å²) in [6.07, 6.45) is 0. The highest BCUT2D eigenvalue weighted by Gasteiger charge is 2.41. The normalized spacial score (nSPS) is 20.6. The second-order valence-corrected chi connectivity index (χ2v) is 18.2. The Balaban J connectivity index is 1.72. The summed E-state index contributed by atoms with van der Waals surface area (Å²) in [6.45, 7) is 31.3. The molecule has 242 valence electrons. The third-order valence-corrected chi connectivity index (χ3v) is 9.29. The van der Waals surface area contributed by atoms with Gasteiger partial charge in [0, 0.05) is 22.3 Å². The highest BCUT2D eigenvalue weighted by molar-refractivity contribution is 7.42. The molecule has 1 N–H and O–H groups in total. The molecule has 0 aliphatic carbocycles. The van der Waals surface area contributed by atoms with Crippen molar-refractivity contribution in [2.24, 2.45) is 5.41 Å². The van der Waals surface area contributed by atoms with Gasteiger partial charge in [-0.15, -0.1) is 0 Å². The molecule has 1 unspecified atom stereocenters. The van der Waals surface area contributed by atoms with Gasteiger partial charge in [-0.05, 0) is 35.5 Å². The highest BCUT2D eigenvalue weighted by atomic mass is 31.2. The predicted molar refractivity (Wildman–Crippen MR) is 181 cm³/mol. The monoisotopic (exact) mass is 634 g/mol. The van der Waals surface area contributed by atoms with Crippen molar-refractivity contribution in [3.63, 3.8) is 0 Å². The maximum absolute atomic E-state index is 10.4. The zero-order chi connectivity index (χ0) is 32.6. The number of hydrogen-bond donors (Lipinski definition) is 1. The van der Waals surface area contributed by atoms with Crippen LogP contribution in [0.3, 0.4) is 0 Å². The van der Waals surface area contributed by atoms with Crippen LogP contribution < -0.4 is 9.05 Å². The molecule has 0 radical (unpaired) electrons. The molecule has 0 aromatic heterocycles. The molecule has 2 aromatic carbocycles. The van der Waals surface area contributed by atoms with Crippen LogP contribution in [0.5, 0.6) is 11.5 Å². The minimum atomic E-state index is -1.64. The van der Waals surface area contributed by atoms with Crippen LogP contribution in [0.15, 0.2) is 24.3 Å². The summed E-state index contributed by atoms with van der Waals surface area (Å²) in [4.78, 5) is 0. The average molecular weight is 635 g/mol. The fourth-order valence-corrected chi connectivity index (χ4v) is 7.05. The van der Waals surface area contributed by atoms with Crippen LogP contribution in [-0.4, -0.2) is 31.5 Å². The largest absolute Gasteiger partial charge is 0.449 e. The van der Waals surface area contributed by atoms with Crippen molar-refractivity contribution in [1.29, 1.82) is 0 Å². The first kappa shape index (κ1) is 36.2. The van der Waals surface area contributed by atoms with Crippen molar-refractivity contribution < 1.29 is 27.7 Å². The number of benzene rings is 2. The molecule has 0 amide bonds. The Hall–Kier alpha value is -1.26. The maximum atomic E-state index is 10.4. The van der Waals surface area contributed by atoms with Crippen molar-refractivity contribution in [1.82, 2.24) is 0 Å². The summed E-state index contributed by atoms with van der Waals surface area (Å²) < 4.78 is 31.3.